The van der Waals surface area contributed by atoms with Crippen LogP contribution in [0.15, 0.2) is 5.16 Å². The van der Waals surface area contributed by atoms with Crippen molar-refractivity contribution in [3.63, 3.8) is 0 Å². The van der Waals surface area contributed by atoms with E-state index in [0.29, 0.717) is 23.7 Å². The molecule has 1 aromatic rings. The number of aromatic nitrogens is 2. The van der Waals surface area contributed by atoms with Gasteiger partial charge < -0.3 is 9.47 Å². The third-order valence-electron chi connectivity index (χ3n) is 5.45. The fourth-order valence-electron chi connectivity index (χ4n) is 3.44. The van der Waals surface area contributed by atoms with Gasteiger partial charge in [0.05, 0.1) is 11.4 Å². The standard InChI is InChI=1S/C19H31N3OS/c1-5-6-11-21-14(3)13(2)20-19(21)24-12-18(23)22(17-9-10-17)15(4)16-7-8-16/h15-17H,5-12H2,1-4H3. The Balaban J connectivity index is 1.63. The summed E-state index contributed by atoms with van der Waals surface area (Å²) in [5.74, 6) is 1.58. The fourth-order valence-corrected chi connectivity index (χ4v) is 4.42. The molecule has 2 fully saturated rings. The van der Waals surface area contributed by atoms with Gasteiger partial charge in [-0.2, -0.15) is 0 Å². The normalized spacial score (nSPS) is 18.7. The molecule has 2 aliphatic rings. The van der Waals surface area contributed by atoms with E-state index < -0.39 is 0 Å². The van der Waals surface area contributed by atoms with Crippen molar-refractivity contribution in [1.29, 1.82) is 0 Å². The van der Waals surface area contributed by atoms with Gasteiger partial charge in [0.15, 0.2) is 5.16 Å². The molecule has 0 aliphatic heterocycles. The van der Waals surface area contributed by atoms with Crippen LogP contribution in [0.2, 0.25) is 0 Å². The Kier molecular flexibility index (Phi) is 5.58. The summed E-state index contributed by atoms with van der Waals surface area (Å²) < 4.78 is 2.29. The number of rotatable bonds is 9. The van der Waals surface area contributed by atoms with E-state index in [1.807, 2.05) is 0 Å². The molecule has 1 heterocycles. The van der Waals surface area contributed by atoms with Crippen molar-refractivity contribution >= 4 is 17.7 Å². The number of unbranched alkanes of at least 4 members (excludes halogenated alkanes) is 1. The van der Waals surface area contributed by atoms with Crippen molar-refractivity contribution in [2.24, 2.45) is 5.92 Å². The van der Waals surface area contributed by atoms with E-state index in [9.17, 15) is 4.79 Å². The zero-order chi connectivity index (χ0) is 17.3. The van der Waals surface area contributed by atoms with Crippen LogP contribution in [0.5, 0.6) is 0 Å². The van der Waals surface area contributed by atoms with Gasteiger partial charge in [-0.1, -0.05) is 25.1 Å². The Morgan fingerprint density at radius 3 is 2.62 bits per heavy atom. The van der Waals surface area contributed by atoms with Gasteiger partial charge in [-0.25, -0.2) is 4.98 Å². The number of aryl methyl sites for hydroxylation is 1. The molecule has 1 aromatic heterocycles. The molecule has 0 bridgehead atoms. The largest absolute Gasteiger partial charge is 0.336 e. The molecular formula is C19H31N3OS. The minimum Gasteiger partial charge on any atom is -0.336 e. The summed E-state index contributed by atoms with van der Waals surface area (Å²) in [6, 6.07) is 0.936. The maximum atomic E-state index is 12.9. The second kappa shape index (κ2) is 7.51. The summed E-state index contributed by atoms with van der Waals surface area (Å²) in [5.41, 5.74) is 2.33. The van der Waals surface area contributed by atoms with E-state index in [4.69, 9.17) is 4.98 Å². The van der Waals surface area contributed by atoms with E-state index in [0.717, 1.165) is 29.7 Å². The first-order valence-electron chi connectivity index (χ1n) is 9.50. The number of imidazole rings is 1. The van der Waals surface area contributed by atoms with Crippen molar-refractivity contribution in [1.82, 2.24) is 14.5 Å². The summed E-state index contributed by atoms with van der Waals surface area (Å²) in [6.07, 6.45) is 7.31. The van der Waals surface area contributed by atoms with Gasteiger partial charge in [0.25, 0.3) is 0 Å². The molecule has 0 radical (unpaired) electrons. The first-order chi connectivity index (χ1) is 11.5. The lowest BCUT2D eigenvalue weighted by molar-refractivity contribution is -0.131. The average Bonchev–Trinajstić information content (AvgIpc) is 3.44. The van der Waals surface area contributed by atoms with Gasteiger partial charge in [-0.05, 0) is 58.8 Å². The molecule has 0 saturated heterocycles. The van der Waals surface area contributed by atoms with Crippen molar-refractivity contribution in [3.05, 3.63) is 11.4 Å². The SMILES string of the molecule is CCCCn1c(SCC(=O)N(C2CC2)C(C)C2CC2)nc(C)c1C. The molecule has 0 aromatic carbocycles. The van der Waals surface area contributed by atoms with Crippen LogP contribution in [0.3, 0.4) is 0 Å². The average molecular weight is 350 g/mol. The second-order valence-electron chi connectivity index (χ2n) is 7.47. The molecular weight excluding hydrogens is 318 g/mol. The van der Waals surface area contributed by atoms with E-state index in [-0.39, 0.29) is 0 Å². The number of hydrogen-bond acceptors (Lipinski definition) is 3. The molecule has 2 aliphatic carbocycles. The zero-order valence-corrected chi connectivity index (χ0v) is 16.4. The maximum Gasteiger partial charge on any atom is 0.233 e. The smallest absolute Gasteiger partial charge is 0.233 e. The van der Waals surface area contributed by atoms with Crippen molar-refractivity contribution in [2.75, 3.05) is 5.75 Å². The Hall–Kier alpha value is -0.970. The summed E-state index contributed by atoms with van der Waals surface area (Å²) in [4.78, 5) is 19.8. The molecule has 134 valence electrons. The highest BCUT2D eigenvalue weighted by molar-refractivity contribution is 7.99. The molecule has 1 atom stereocenters. The summed E-state index contributed by atoms with van der Waals surface area (Å²) >= 11 is 1.62. The molecule has 5 heteroatoms. The van der Waals surface area contributed by atoms with Crippen LogP contribution >= 0.6 is 11.8 Å². The molecule has 24 heavy (non-hydrogen) atoms. The van der Waals surface area contributed by atoms with Crippen LogP contribution in [0.1, 0.15) is 63.8 Å². The molecule has 2 saturated carbocycles. The fraction of sp³-hybridized carbons (Fsp3) is 0.789. The van der Waals surface area contributed by atoms with Crippen LogP contribution in [-0.4, -0.2) is 38.2 Å². The number of hydrogen-bond donors (Lipinski definition) is 0. The van der Waals surface area contributed by atoms with Crippen molar-refractivity contribution in [2.45, 2.75) is 90.0 Å². The quantitative estimate of drug-likeness (QED) is 0.628. The van der Waals surface area contributed by atoms with Crippen molar-refractivity contribution in [3.8, 4) is 0 Å². The number of carbonyl (C=O) groups is 1. The molecule has 1 amide bonds. The predicted molar refractivity (Wildman–Crippen MR) is 99.4 cm³/mol. The summed E-state index contributed by atoms with van der Waals surface area (Å²) in [7, 11) is 0. The molecule has 3 rings (SSSR count). The Bertz CT molecular complexity index is 590. The van der Waals surface area contributed by atoms with E-state index in [2.05, 4.69) is 37.2 Å². The number of carbonyl (C=O) groups excluding carboxylic acids is 1. The summed E-state index contributed by atoms with van der Waals surface area (Å²) in [6.45, 7) is 9.66. The molecule has 1 unspecified atom stereocenters. The zero-order valence-electron chi connectivity index (χ0n) is 15.5. The van der Waals surface area contributed by atoms with Gasteiger partial charge in [0, 0.05) is 24.3 Å². The Morgan fingerprint density at radius 2 is 2.04 bits per heavy atom. The minimum absolute atomic E-state index is 0.308. The highest BCUT2D eigenvalue weighted by Gasteiger charge is 2.41. The lowest BCUT2D eigenvalue weighted by Gasteiger charge is -2.29. The Morgan fingerprint density at radius 1 is 1.33 bits per heavy atom. The molecule has 4 nitrogen and oxygen atoms in total. The first-order valence-corrected chi connectivity index (χ1v) is 10.5. The highest BCUT2D eigenvalue weighted by Crippen LogP contribution is 2.40. The van der Waals surface area contributed by atoms with E-state index in [1.54, 1.807) is 11.8 Å². The lowest BCUT2D eigenvalue weighted by atomic mass is 10.2. The third-order valence-corrected chi connectivity index (χ3v) is 6.42. The van der Waals surface area contributed by atoms with Gasteiger partial charge in [-0.3, -0.25) is 4.79 Å². The summed E-state index contributed by atoms with van der Waals surface area (Å²) in [5, 5.41) is 1.02. The van der Waals surface area contributed by atoms with Gasteiger partial charge in [0.2, 0.25) is 5.91 Å². The highest BCUT2D eigenvalue weighted by atomic mass is 32.2. The third kappa shape index (κ3) is 3.98. The van der Waals surface area contributed by atoms with Crippen LogP contribution in [-0.2, 0) is 11.3 Å². The van der Waals surface area contributed by atoms with Crippen molar-refractivity contribution < 1.29 is 4.79 Å². The van der Waals surface area contributed by atoms with Gasteiger partial charge in [-0.15, -0.1) is 0 Å². The van der Waals surface area contributed by atoms with Crippen LogP contribution in [0.4, 0.5) is 0 Å². The van der Waals surface area contributed by atoms with Crippen LogP contribution in [0.25, 0.3) is 0 Å². The van der Waals surface area contributed by atoms with Crippen LogP contribution in [0, 0.1) is 19.8 Å². The lowest BCUT2D eigenvalue weighted by Crippen LogP contribution is -2.42. The monoisotopic (exact) mass is 349 g/mol. The molecule has 0 N–H and O–H groups in total. The van der Waals surface area contributed by atoms with Gasteiger partial charge in [0.1, 0.15) is 0 Å². The number of thioether (sulfide) groups is 1. The Labute approximate surface area is 150 Å². The molecule has 0 spiro atoms. The first kappa shape index (κ1) is 17.8. The topological polar surface area (TPSA) is 38.1 Å². The van der Waals surface area contributed by atoms with E-state index in [1.165, 1.54) is 37.8 Å². The predicted octanol–water partition coefficient (Wildman–Crippen LogP) is 4.18. The number of nitrogens with zero attached hydrogens (tertiary/aromatic N) is 3. The second-order valence-corrected chi connectivity index (χ2v) is 8.41. The maximum absolute atomic E-state index is 12.9. The van der Waals surface area contributed by atoms with Gasteiger partial charge >= 0.3 is 0 Å². The van der Waals surface area contributed by atoms with Crippen LogP contribution < -0.4 is 0 Å². The minimum atomic E-state index is 0.308. The number of amides is 1. The van der Waals surface area contributed by atoms with E-state index >= 15 is 0 Å².